The summed E-state index contributed by atoms with van der Waals surface area (Å²) in [7, 11) is 9.70. The van der Waals surface area contributed by atoms with Crippen molar-refractivity contribution in [2.45, 2.75) is 121 Å². The second-order valence-corrected chi connectivity index (χ2v) is 30.0. The second kappa shape index (κ2) is 34.2. The Morgan fingerprint density at radius 1 is 0.526 bits per heavy atom. The van der Waals surface area contributed by atoms with E-state index >= 15 is 0 Å². The van der Waals surface area contributed by atoms with E-state index in [0.717, 1.165) is 115 Å². The maximum absolute atomic E-state index is 14.4. The van der Waals surface area contributed by atoms with E-state index < -0.39 is 23.7 Å². The normalized spacial score (nSPS) is 17.5. The Kier molecular flexibility index (Phi) is 23.6. The van der Waals surface area contributed by atoms with Gasteiger partial charge in [-0.1, -0.05) is 36.4 Å². The minimum Gasteiger partial charge on any atom is -0.496 e. The van der Waals surface area contributed by atoms with E-state index in [2.05, 4.69) is 108 Å². The van der Waals surface area contributed by atoms with Gasteiger partial charge in [0.2, 0.25) is 23.6 Å². The van der Waals surface area contributed by atoms with Crippen molar-refractivity contribution >= 4 is 74.2 Å². The van der Waals surface area contributed by atoms with Crippen molar-refractivity contribution in [3.63, 3.8) is 0 Å². The van der Waals surface area contributed by atoms with Crippen LogP contribution in [-0.4, -0.2) is 134 Å². The lowest BCUT2D eigenvalue weighted by Gasteiger charge is -2.36. The molecule has 0 radical (unpaired) electrons. The lowest BCUT2D eigenvalue weighted by atomic mass is 9.86. The Bertz CT molecular complexity index is 5430. The van der Waals surface area contributed by atoms with Crippen LogP contribution in [0.5, 0.6) is 23.0 Å². The van der Waals surface area contributed by atoms with Crippen LogP contribution in [0.1, 0.15) is 124 Å². The number of aryl methyl sites for hydroxylation is 3. The molecule has 6 aromatic carbocycles. The van der Waals surface area contributed by atoms with Crippen molar-refractivity contribution < 1.29 is 56.1 Å². The molecule has 592 valence electrons. The number of carbonyl (C=O) groups is 5. The summed E-state index contributed by atoms with van der Waals surface area (Å²) in [6, 6.07) is 34.2. The van der Waals surface area contributed by atoms with Gasteiger partial charge in [-0.2, -0.15) is 13.2 Å². The van der Waals surface area contributed by atoms with Crippen molar-refractivity contribution in [1.82, 2.24) is 40.0 Å². The van der Waals surface area contributed by atoms with Crippen LogP contribution < -0.4 is 66.4 Å². The largest absolute Gasteiger partial charge is 0.496 e. The molecule has 2 unspecified atom stereocenters. The third-order valence-electron chi connectivity index (χ3n) is 23.0. The minimum absolute atomic E-state index is 0.115. The van der Waals surface area contributed by atoms with Gasteiger partial charge >= 0.3 is 6.18 Å². The molecule has 16 rings (SSSR count). The number of anilines is 4. The SMILES string of the molecule is COc1cc(-c2cn(C)c(=O)c3cnccc23)cc(OC)c1C=O.COc1cc(-c2cn(C)c(=O)c3cnccc23)cc(OC)c1CN1CCc2cc(C3CCN(c4ccc(NC5CCC(=O)NC5=O)cc4C(F)(F)F)CC3)ccc2C1.Cc1cc(NC2CCC(=O)NC2=O)ccc1N1CCC(c2ccc3c(c2)CCNC3)CC1. The number of nitrogens with one attached hydrogen (secondary N) is 5. The fourth-order valence-electron chi connectivity index (χ4n) is 16.8. The monoisotopic (exact) mass is 1550 g/mol. The molecule has 4 amide bonds. The molecule has 0 aliphatic carbocycles. The van der Waals surface area contributed by atoms with Gasteiger partial charge in [0.15, 0.2) is 6.29 Å². The quantitative estimate of drug-likeness (QED) is 0.0419. The van der Waals surface area contributed by atoms with Gasteiger partial charge in [-0.05, 0) is 210 Å². The van der Waals surface area contributed by atoms with Crippen LogP contribution in [0.15, 0.2) is 156 Å². The smallest absolute Gasteiger partial charge is 0.418 e. The highest BCUT2D eigenvalue weighted by Gasteiger charge is 2.38. The molecule has 23 nitrogen and oxygen atoms in total. The number of aldehydes is 1. The summed E-state index contributed by atoms with van der Waals surface area (Å²) in [5, 5.41) is 16.9. The number of methoxy groups -OCH3 is 4. The molecule has 10 heterocycles. The summed E-state index contributed by atoms with van der Waals surface area (Å²) in [5.41, 5.74) is 15.6. The number of imide groups is 2. The predicted molar refractivity (Wildman–Crippen MR) is 433 cm³/mol. The molecule has 10 aromatic rings. The molecule has 0 bridgehead atoms. The summed E-state index contributed by atoms with van der Waals surface area (Å²) in [4.78, 5) is 98.4. The zero-order chi connectivity index (χ0) is 80.1. The Labute approximate surface area is 658 Å². The summed E-state index contributed by atoms with van der Waals surface area (Å²) >= 11 is 0. The fourth-order valence-corrected chi connectivity index (χ4v) is 16.8. The molecular formula is C88H93F3N12O11. The van der Waals surface area contributed by atoms with Gasteiger partial charge in [0, 0.05) is 150 Å². The lowest BCUT2D eigenvalue weighted by Crippen LogP contribution is -2.47. The summed E-state index contributed by atoms with van der Waals surface area (Å²) in [6.07, 6.45) is 13.2. The number of pyridine rings is 4. The Balaban J connectivity index is 0.000000160. The maximum atomic E-state index is 14.4. The molecule has 114 heavy (non-hydrogen) atoms. The van der Waals surface area contributed by atoms with Gasteiger partial charge in [-0.15, -0.1) is 0 Å². The lowest BCUT2D eigenvalue weighted by molar-refractivity contribution is -0.137. The number of benzene rings is 6. The van der Waals surface area contributed by atoms with E-state index in [1.165, 1.54) is 82.3 Å². The number of carbonyl (C=O) groups excluding carboxylic acids is 5. The molecule has 2 atom stereocenters. The van der Waals surface area contributed by atoms with Crippen molar-refractivity contribution in [2.75, 3.05) is 88.1 Å². The number of rotatable bonds is 17. The zero-order valence-corrected chi connectivity index (χ0v) is 64.9. The molecule has 0 spiro atoms. The van der Waals surface area contributed by atoms with Crippen molar-refractivity contribution in [2.24, 2.45) is 14.1 Å². The van der Waals surface area contributed by atoms with Crippen molar-refractivity contribution in [1.29, 1.82) is 0 Å². The van der Waals surface area contributed by atoms with Crippen LogP contribution in [-0.2, 0) is 71.9 Å². The topological polar surface area (TPSA) is 262 Å². The van der Waals surface area contributed by atoms with Gasteiger partial charge in [0.05, 0.1) is 55.9 Å². The molecule has 4 fully saturated rings. The van der Waals surface area contributed by atoms with Crippen LogP contribution in [0.3, 0.4) is 0 Å². The predicted octanol–water partition coefficient (Wildman–Crippen LogP) is 12.5. The highest BCUT2D eigenvalue weighted by molar-refractivity contribution is 6.03. The summed E-state index contributed by atoms with van der Waals surface area (Å²) in [5.74, 6) is 1.75. The van der Waals surface area contributed by atoms with E-state index in [9.17, 15) is 46.7 Å². The minimum atomic E-state index is -4.58. The summed E-state index contributed by atoms with van der Waals surface area (Å²) < 4.78 is 68.7. The Hall–Kier alpha value is -11.9. The third-order valence-corrected chi connectivity index (χ3v) is 23.0. The van der Waals surface area contributed by atoms with Gasteiger partial charge in [0.25, 0.3) is 11.1 Å². The average molecular weight is 1550 g/mol. The second-order valence-electron chi connectivity index (χ2n) is 30.0. The van der Waals surface area contributed by atoms with Crippen molar-refractivity contribution in [3.05, 3.63) is 223 Å². The maximum Gasteiger partial charge on any atom is 0.418 e. The van der Waals surface area contributed by atoms with Crippen LogP contribution in [0, 0.1) is 6.92 Å². The standard InChI is InChI=1S/C44H45F3N6O5.C26H32N4O2.C18H16N2O4/c1-51-24-34(32-10-14-48-22-33(32)43(51)56)30-19-39(57-2)35(40(20-30)58-3)25-52-15-11-28-18-27(4-5-29(28)23-52)26-12-16-53(17-13-26)38-8-6-31(21-36(38)44(45,46)47)49-37-7-9-41(54)50-42(37)55;1-17-14-22(28-23-5-7-25(31)29-26(23)32)4-6-24(17)30-12-9-18(10-13-30)19-2-3-21-16-27-11-8-20(21)15-19;1-20-9-14(12-4-5-19-8-13(12)18(20)22)11-6-16(23-2)15(10-21)17(7-11)24-3/h4-6,8,10,14,18-22,24,26,37,49H,7,9,11-13,15-17,23,25H2,1-3H3,(H,50,54,55);2-4,6,14-15,18,23,27-28H,5,7-13,16H2,1H3,(H,29,31,32);4-10H,1-3H3. The molecular weight excluding hydrogens is 1460 g/mol. The number of fused-ring (bicyclic) bond motifs is 4. The number of halogens is 3. The van der Waals surface area contributed by atoms with Crippen LogP contribution in [0.25, 0.3) is 43.8 Å². The number of nitrogens with zero attached hydrogens (tertiary/aromatic N) is 7. The average Bonchev–Trinajstić information content (AvgIpc) is 0.880. The van der Waals surface area contributed by atoms with E-state index in [-0.39, 0.29) is 65.0 Å². The van der Waals surface area contributed by atoms with E-state index in [4.69, 9.17) is 18.9 Å². The van der Waals surface area contributed by atoms with Gasteiger partial charge in [-0.3, -0.25) is 59.1 Å². The fraction of sp³-hybridized carbons (Fsp3) is 0.352. The molecule has 5 N–H and O–H groups in total. The number of piperidine rings is 4. The van der Waals surface area contributed by atoms with Gasteiger partial charge in [-0.25, -0.2) is 0 Å². The first kappa shape index (κ1) is 78.8. The first-order valence-electron chi connectivity index (χ1n) is 38.6. The Morgan fingerprint density at radius 2 is 1.01 bits per heavy atom. The molecule has 6 aliphatic rings. The first-order chi connectivity index (χ1) is 55.1. The zero-order valence-electron chi connectivity index (χ0n) is 64.9. The molecule has 4 saturated heterocycles. The van der Waals surface area contributed by atoms with Gasteiger partial charge in [0.1, 0.15) is 35.1 Å². The first-order valence-corrected chi connectivity index (χ1v) is 38.6. The highest BCUT2D eigenvalue weighted by Crippen LogP contribution is 2.44. The Morgan fingerprint density at radius 3 is 1.50 bits per heavy atom. The van der Waals surface area contributed by atoms with E-state index in [1.807, 2.05) is 29.3 Å². The highest BCUT2D eigenvalue weighted by atomic mass is 19.4. The van der Waals surface area contributed by atoms with Crippen molar-refractivity contribution in [3.8, 4) is 45.3 Å². The number of amides is 4. The molecule has 6 aliphatic heterocycles. The number of ether oxygens (including phenoxy) is 4. The number of aromatic nitrogens is 4. The summed E-state index contributed by atoms with van der Waals surface area (Å²) in [6.45, 7) is 9.49. The molecule has 0 saturated carbocycles. The van der Waals surface area contributed by atoms with Crippen LogP contribution in [0.4, 0.5) is 35.9 Å². The molecule has 26 heteroatoms. The van der Waals surface area contributed by atoms with Gasteiger partial charge < -0.3 is 53.8 Å². The number of hydrogen-bond acceptors (Lipinski definition) is 19. The third kappa shape index (κ3) is 17.1. The molecule has 4 aromatic heterocycles. The van der Waals surface area contributed by atoms with Crippen LogP contribution >= 0.6 is 0 Å². The van der Waals surface area contributed by atoms with Crippen LogP contribution in [0.2, 0.25) is 0 Å². The number of hydrogen-bond donors (Lipinski definition) is 5. The van der Waals surface area contributed by atoms with E-state index in [0.29, 0.717) is 84.0 Å². The van der Waals surface area contributed by atoms with E-state index in [1.54, 1.807) is 88.1 Å². The number of alkyl halides is 3.